The maximum atomic E-state index is 10.7. The Labute approximate surface area is 78.3 Å². The maximum absolute atomic E-state index is 10.7. The van der Waals surface area contributed by atoms with Crippen molar-refractivity contribution in [2.75, 3.05) is 0 Å². The molecule has 0 aliphatic heterocycles. The molecule has 0 aromatic heterocycles. The van der Waals surface area contributed by atoms with E-state index in [0.717, 1.165) is 6.42 Å². The quantitative estimate of drug-likeness (QED) is 0.710. The van der Waals surface area contributed by atoms with Gasteiger partial charge in [0.2, 0.25) is 5.91 Å². The molecule has 0 fully saturated rings. The minimum absolute atomic E-state index is 0.00815. The summed E-state index contributed by atoms with van der Waals surface area (Å²) in [7, 11) is 0. The van der Waals surface area contributed by atoms with Gasteiger partial charge < -0.3 is 10.5 Å². The largest absolute Gasteiger partial charge is 0.367 e. The van der Waals surface area contributed by atoms with Gasteiger partial charge in [0.05, 0.1) is 6.10 Å². The van der Waals surface area contributed by atoms with E-state index in [0.29, 0.717) is 0 Å². The molecule has 1 aliphatic carbocycles. The van der Waals surface area contributed by atoms with Gasteiger partial charge in [-0.25, -0.2) is 0 Å². The summed E-state index contributed by atoms with van der Waals surface area (Å²) in [5.74, 6) is -0.417. The Morgan fingerprint density at radius 1 is 1.77 bits per heavy atom. The number of primary amides is 1. The van der Waals surface area contributed by atoms with Gasteiger partial charge in [0.15, 0.2) is 0 Å². The van der Waals surface area contributed by atoms with Crippen molar-refractivity contribution in [3.63, 3.8) is 0 Å². The van der Waals surface area contributed by atoms with Crippen LogP contribution in [0.4, 0.5) is 0 Å². The Morgan fingerprint density at radius 3 is 2.92 bits per heavy atom. The highest BCUT2D eigenvalue weighted by Gasteiger charge is 2.15. The molecule has 1 amide bonds. The summed E-state index contributed by atoms with van der Waals surface area (Å²) in [4.78, 5) is 10.7. The average Bonchev–Trinajstić information content (AvgIpc) is 2.08. The summed E-state index contributed by atoms with van der Waals surface area (Å²) in [5.41, 5.74) is 6.31. The fourth-order valence-corrected chi connectivity index (χ4v) is 1.14. The van der Waals surface area contributed by atoms with Crippen molar-refractivity contribution >= 4 is 5.91 Å². The number of hydrogen-bond donors (Lipinski definition) is 1. The summed E-state index contributed by atoms with van der Waals surface area (Å²) < 4.78 is 5.40. The van der Waals surface area contributed by atoms with Crippen LogP contribution in [0.5, 0.6) is 0 Å². The fourth-order valence-electron chi connectivity index (χ4n) is 1.14. The lowest BCUT2D eigenvalue weighted by molar-refractivity contribution is -0.130. The van der Waals surface area contributed by atoms with Gasteiger partial charge in [-0.1, -0.05) is 23.8 Å². The topological polar surface area (TPSA) is 52.3 Å². The van der Waals surface area contributed by atoms with Crippen molar-refractivity contribution in [1.29, 1.82) is 0 Å². The highest BCUT2D eigenvalue weighted by atomic mass is 16.5. The number of nitrogens with two attached hydrogens (primary N) is 1. The van der Waals surface area contributed by atoms with Crippen LogP contribution in [0.25, 0.3) is 0 Å². The Morgan fingerprint density at radius 2 is 2.46 bits per heavy atom. The van der Waals surface area contributed by atoms with Crippen LogP contribution in [-0.2, 0) is 9.53 Å². The number of ether oxygens (including phenoxy) is 1. The molecule has 0 radical (unpaired) electrons. The van der Waals surface area contributed by atoms with Gasteiger partial charge in [0, 0.05) is 0 Å². The number of hydrogen-bond acceptors (Lipinski definition) is 2. The lowest BCUT2D eigenvalue weighted by Crippen LogP contribution is -2.31. The van der Waals surface area contributed by atoms with Crippen LogP contribution in [0.15, 0.2) is 23.8 Å². The number of allylic oxidation sites excluding steroid dienone is 2. The zero-order valence-corrected chi connectivity index (χ0v) is 7.99. The second-order valence-electron chi connectivity index (χ2n) is 3.26. The molecule has 2 atom stereocenters. The van der Waals surface area contributed by atoms with Crippen LogP contribution in [-0.4, -0.2) is 18.1 Å². The van der Waals surface area contributed by atoms with E-state index in [9.17, 15) is 4.79 Å². The number of carbonyl (C=O) groups is 1. The minimum Gasteiger partial charge on any atom is -0.367 e. The van der Waals surface area contributed by atoms with E-state index in [1.54, 1.807) is 6.92 Å². The van der Waals surface area contributed by atoms with E-state index in [4.69, 9.17) is 10.5 Å². The van der Waals surface area contributed by atoms with Gasteiger partial charge in [-0.3, -0.25) is 4.79 Å². The van der Waals surface area contributed by atoms with Crippen molar-refractivity contribution in [3.8, 4) is 0 Å². The molecule has 72 valence electrons. The van der Waals surface area contributed by atoms with E-state index >= 15 is 0 Å². The minimum atomic E-state index is -0.513. The highest BCUT2D eigenvalue weighted by Crippen LogP contribution is 2.14. The van der Waals surface area contributed by atoms with Crippen molar-refractivity contribution in [2.45, 2.75) is 32.5 Å². The molecule has 0 heterocycles. The number of carbonyl (C=O) groups excluding carboxylic acids is 1. The Kier molecular flexibility index (Phi) is 3.25. The first kappa shape index (κ1) is 9.99. The first-order valence-electron chi connectivity index (χ1n) is 4.39. The predicted octanol–water partition coefficient (Wildman–Crippen LogP) is 1.15. The van der Waals surface area contributed by atoms with Crippen molar-refractivity contribution in [1.82, 2.24) is 0 Å². The molecule has 0 spiro atoms. The summed E-state index contributed by atoms with van der Waals surface area (Å²) in [5, 5.41) is 0. The molecule has 1 rings (SSSR count). The van der Waals surface area contributed by atoms with Crippen LogP contribution in [0.3, 0.4) is 0 Å². The standard InChI is InChI=1S/C10H15NO2/c1-7-3-5-9(6-4-7)13-8(2)10(11)12/h3-5,8-9H,6H2,1-2H3,(H2,11,12)/t8-,9+/m0/s1. The van der Waals surface area contributed by atoms with Crippen LogP contribution < -0.4 is 5.73 Å². The van der Waals surface area contributed by atoms with Gasteiger partial charge in [-0.2, -0.15) is 0 Å². The van der Waals surface area contributed by atoms with Gasteiger partial charge in [0.25, 0.3) is 0 Å². The Bertz CT molecular complexity index is 256. The lowest BCUT2D eigenvalue weighted by Gasteiger charge is -2.18. The summed E-state index contributed by atoms with van der Waals surface area (Å²) in [6.45, 7) is 3.70. The molecular formula is C10H15NO2. The molecule has 0 saturated heterocycles. The second-order valence-corrected chi connectivity index (χ2v) is 3.26. The van der Waals surface area contributed by atoms with Crippen LogP contribution in [0, 0.1) is 0 Å². The van der Waals surface area contributed by atoms with Crippen LogP contribution in [0.1, 0.15) is 20.3 Å². The van der Waals surface area contributed by atoms with Crippen molar-refractivity contribution in [3.05, 3.63) is 23.8 Å². The molecule has 2 N–H and O–H groups in total. The van der Waals surface area contributed by atoms with Gasteiger partial charge in [0.1, 0.15) is 6.10 Å². The summed E-state index contributed by atoms with van der Waals surface area (Å²) in [6.07, 6.45) is 6.32. The highest BCUT2D eigenvalue weighted by molar-refractivity contribution is 5.78. The molecule has 0 unspecified atom stereocenters. The predicted molar refractivity (Wildman–Crippen MR) is 51.0 cm³/mol. The van der Waals surface area contributed by atoms with Crippen LogP contribution >= 0.6 is 0 Å². The third kappa shape index (κ3) is 3.03. The first-order valence-corrected chi connectivity index (χ1v) is 4.39. The van der Waals surface area contributed by atoms with E-state index in [-0.39, 0.29) is 6.10 Å². The van der Waals surface area contributed by atoms with Crippen LogP contribution in [0.2, 0.25) is 0 Å². The summed E-state index contributed by atoms with van der Waals surface area (Å²) >= 11 is 0. The van der Waals surface area contributed by atoms with E-state index in [2.05, 4.69) is 6.08 Å². The van der Waals surface area contributed by atoms with Gasteiger partial charge in [-0.15, -0.1) is 0 Å². The molecule has 13 heavy (non-hydrogen) atoms. The smallest absolute Gasteiger partial charge is 0.246 e. The SMILES string of the molecule is CC1=CC[C@H](O[C@@H](C)C(N)=O)C=C1. The third-order valence-electron chi connectivity index (χ3n) is 2.03. The second kappa shape index (κ2) is 4.23. The lowest BCUT2D eigenvalue weighted by atomic mass is 10.1. The molecular weight excluding hydrogens is 166 g/mol. The molecule has 0 aromatic rings. The third-order valence-corrected chi connectivity index (χ3v) is 2.03. The summed E-state index contributed by atoms with van der Waals surface area (Å²) in [6, 6.07) is 0. The molecule has 3 heteroatoms. The monoisotopic (exact) mass is 181 g/mol. The Hall–Kier alpha value is -1.09. The average molecular weight is 181 g/mol. The normalized spacial score (nSPS) is 23.8. The van der Waals surface area contributed by atoms with Crippen molar-refractivity contribution < 1.29 is 9.53 Å². The fraction of sp³-hybridized carbons (Fsp3) is 0.500. The maximum Gasteiger partial charge on any atom is 0.246 e. The molecule has 0 saturated carbocycles. The number of amides is 1. The molecule has 1 aliphatic rings. The first-order chi connectivity index (χ1) is 6.09. The molecule has 0 bridgehead atoms. The van der Waals surface area contributed by atoms with E-state index in [1.165, 1.54) is 5.57 Å². The van der Waals surface area contributed by atoms with Crippen molar-refractivity contribution in [2.24, 2.45) is 5.73 Å². The zero-order valence-electron chi connectivity index (χ0n) is 7.99. The zero-order chi connectivity index (χ0) is 9.84. The van der Waals surface area contributed by atoms with E-state index < -0.39 is 12.0 Å². The van der Waals surface area contributed by atoms with Gasteiger partial charge >= 0.3 is 0 Å². The van der Waals surface area contributed by atoms with Gasteiger partial charge in [-0.05, 0) is 20.3 Å². The molecule has 3 nitrogen and oxygen atoms in total. The Balaban J connectivity index is 2.41. The molecule has 0 aromatic carbocycles. The van der Waals surface area contributed by atoms with E-state index in [1.807, 2.05) is 19.1 Å². The number of rotatable bonds is 3.